The number of rotatable bonds is 3. The highest BCUT2D eigenvalue weighted by Gasteiger charge is 2.25. The third kappa shape index (κ3) is 2.89. The lowest BCUT2D eigenvalue weighted by Gasteiger charge is -2.25. The van der Waals surface area contributed by atoms with Gasteiger partial charge < -0.3 is 4.43 Å². The van der Waals surface area contributed by atoms with Crippen LogP contribution in [0.5, 0.6) is 5.75 Å². The number of thioether (sulfide) groups is 1. The van der Waals surface area contributed by atoms with Gasteiger partial charge in [-0.25, -0.2) is 0 Å². The third-order valence-corrected chi connectivity index (χ3v) is 5.67. The van der Waals surface area contributed by atoms with Crippen LogP contribution in [0.2, 0.25) is 19.6 Å². The first-order valence-electron chi connectivity index (χ1n) is 7.33. The molecule has 0 aliphatic carbocycles. The Labute approximate surface area is 126 Å². The Kier molecular flexibility index (Phi) is 3.82. The average molecular weight is 303 g/mol. The molecule has 1 nitrogen and oxygen atoms in total. The fourth-order valence-corrected chi connectivity index (χ4v) is 4.87. The third-order valence-electron chi connectivity index (χ3n) is 3.69. The summed E-state index contributed by atoms with van der Waals surface area (Å²) in [5.74, 6) is 4.34. The van der Waals surface area contributed by atoms with Gasteiger partial charge in [0.1, 0.15) is 5.75 Å². The number of fused-ring (bicyclic) bond motifs is 1. The highest BCUT2D eigenvalue weighted by Crippen LogP contribution is 2.41. The molecule has 1 saturated heterocycles. The molecule has 106 valence electrons. The Bertz CT molecular complexity index is 612. The van der Waals surface area contributed by atoms with Crippen molar-refractivity contribution in [1.82, 2.24) is 0 Å². The summed E-state index contributed by atoms with van der Waals surface area (Å²) in [6, 6.07) is 13.2. The van der Waals surface area contributed by atoms with Gasteiger partial charge in [-0.15, -0.1) is 0 Å². The Hall–Kier alpha value is -0.933. The quantitative estimate of drug-likeness (QED) is 0.714. The van der Waals surface area contributed by atoms with Gasteiger partial charge in [-0.3, -0.25) is 0 Å². The van der Waals surface area contributed by atoms with Gasteiger partial charge in [0.05, 0.1) is 0 Å². The van der Waals surface area contributed by atoms with Crippen LogP contribution in [-0.2, 0) is 0 Å². The van der Waals surface area contributed by atoms with Crippen LogP contribution in [0.4, 0.5) is 0 Å². The summed E-state index contributed by atoms with van der Waals surface area (Å²) in [7, 11) is -1.60. The smallest absolute Gasteiger partial charge is 0.242 e. The molecule has 0 bridgehead atoms. The highest BCUT2D eigenvalue weighted by molar-refractivity contribution is 7.99. The molecule has 0 aromatic heterocycles. The summed E-state index contributed by atoms with van der Waals surface area (Å²) in [5, 5.41) is 2.57. The topological polar surface area (TPSA) is 9.23 Å². The summed E-state index contributed by atoms with van der Waals surface area (Å²) >= 11 is 2.06. The van der Waals surface area contributed by atoms with Crippen molar-refractivity contribution in [2.45, 2.75) is 32.0 Å². The van der Waals surface area contributed by atoms with Crippen molar-refractivity contribution in [2.75, 3.05) is 11.5 Å². The predicted molar refractivity (Wildman–Crippen MR) is 92.6 cm³/mol. The first-order chi connectivity index (χ1) is 9.54. The van der Waals surface area contributed by atoms with Crippen molar-refractivity contribution in [3.05, 3.63) is 42.0 Å². The van der Waals surface area contributed by atoms with Crippen LogP contribution in [0.1, 0.15) is 17.9 Å². The summed E-state index contributed by atoms with van der Waals surface area (Å²) in [6.45, 7) is 6.80. The van der Waals surface area contributed by atoms with Crippen LogP contribution in [0.3, 0.4) is 0 Å². The van der Waals surface area contributed by atoms with Crippen molar-refractivity contribution < 1.29 is 4.43 Å². The monoisotopic (exact) mass is 302 g/mol. The van der Waals surface area contributed by atoms with E-state index in [1.165, 1.54) is 34.3 Å². The highest BCUT2D eigenvalue weighted by atomic mass is 32.2. The van der Waals surface area contributed by atoms with Crippen molar-refractivity contribution in [1.29, 1.82) is 0 Å². The van der Waals surface area contributed by atoms with E-state index < -0.39 is 8.32 Å². The molecule has 1 aliphatic heterocycles. The Morgan fingerprint density at radius 1 is 1.10 bits per heavy atom. The zero-order chi connectivity index (χ0) is 14.2. The minimum absolute atomic E-state index is 0.663. The average Bonchev–Trinajstić information content (AvgIpc) is 2.91. The maximum Gasteiger partial charge on any atom is 0.242 e. The van der Waals surface area contributed by atoms with Gasteiger partial charge in [0.25, 0.3) is 0 Å². The van der Waals surface area contributed by atoms with E-state index in [9.17, 15) is 0 Å². The molecule has 1 atom stereocenters. The first kappa shape index (κ1) is 14.0. The normalized spacial score (nSPS) is 19.4. The molecule has 1 aliphatic rings. The summed E-state index contributed by atoms with van der Waals surface area (Å²) < 4.78 is 6.49. The molecule has 0 amide bonds. The standard InChI is InChI=1S/C17H22OSSi/c1-20(2,3)18-17-15-7-5-4-6-13(15)8-9-16(17)14-10-11-19-12-14/h4-9,14H,10-12H2,1-3H3. The van der Waals surface area contributed by atoms with Gasteiger partial charge in [-0.1, -0.05) is 36.4 Å². The lowest BCUT2D eigenvalue weighted by atomic mass is 9.94. The summed E-state index contributed by atoms with van der Waals surface area (Å²) in [6.07, 6.45) is 1.28. The van der Waals surface area contributed by atoms with E-state index in [0.717, 1.165) is 5.75 Å². The second kappa shape index (κ2) is 5.45. The molecule has 0 saturated carbocycles. The van der Waals surface area contributed by atoms with Gasteiger partial charge in [0.2, 0.25) is 8.32 Å². The zero-order valence-corrected chi connectivity index (χ0v) is 14.3. The Morgan fingerprint density at radius 2 is 1.90 bits per heavy atom. The molecule has 1 unspecified atom stereocenters. The zero-order valence-electron chi connectivity index (χ0n) is 12.5. The van der Waals surface area contributed by atoms with Gasteiger partial charge in [-0.2, -0.15) is 11.8 Å². The van der Waals surface area contributed by atoms with Crippen LogP contribution >= 0.6 is 11.8 Å². The minimum Gasteiger partial charge on any atom is -0.544 e. The van der Waals surface area contributed by atoms with Crippen molar-refractivity contribution in [3.8, 4) is 5.75 Å². The number of hydrogen-bond acceptors (Lipinski definition) is 2. The fourth-order valence-electron chi connectivity index (χ4n) is 2.78. The molecule has 20 heavy (non-hydrogen) atoms. The van der Waals surface area contributed by atoms with E-state index in [4.69, 9.17) is 4.43 Å². The summed E-state index contributed by atoms with van der Waals surface area (Å²) in [4.78, 5) is 0. The second-order valence-corrected chi connectivity index (χ2v) is 12.1. The van der Waals surface area contributed by atoms with Crippen LogP contribution in [0.25, 0.3) is 10.8 Å². The molecule has 1 fully saturated rings. The molecule has 2 aromatic carbocycles. The minimum atomic E-state index is -1.60. The van der Waals surface area contributed by atoms with Crippen LogP contribution < -0.4 is 4.43 Å². The van der Waals surface area contributed by atoms with E-state index in [1.807, 2.05) is 0 Å². The second-order valence-electron chi connectivity index (χ2n) is 6.48. The lowest BCUT2D eigenvalue weighted by molar-refractivity contribution is 0.548. The fraction of sp³-hybridized carbons (Fsp3) is 0.412. The molecule has 0 N–H and O–H groups in total. The number of hydrogen-bond donors (Lipinski definition) is 0. The first-order valence-corrected chi connectivity index (χ1v) is 11.9. The molecular weight excluding hydrogens is 280 g/mol. The Balaban J connectivity index is 2.15. The SMILES string of the molecule is C[Si](C)(C)Oc1c(C2CCSC2)ccc2ccccc12. The summed E-state index contributed by atoms with van der Waals surface area (Å²) in [5.41, 5.74) is 1.43. The van der Waals surface area contributed by atoms with Crippen LogP contribution in [0, 0.1) is 0 Å². The van der Waals surface area contributed by atoms with E-state index >= 15 is 0 Å². The maximum atomic E-state index is 6.49. The molecule has 0 radical (unpaired) electrons. The van der Waals surface area contributed by atoms with Crippen molar-refractivity contribution >= 4 is 30.9 Å². The largest absolute Gasteiger partial charge is 0.544 e. The molecule has 2 aromatic rings. The van der Waals surface area contributed by atoms with E-state index in [-0.39, 0.29) is 0 Å². The number of benzene rings is 2. The van der Waals surface area contributed by atoms with Gasteiger partial charge >= 0.3 is 0 Å². The van der Waals surface area contributed by atoms with E-state index in [1.54, 1.807) is 0 Å². The Morgan fingerprint density at radius 3 is 2.60 bits per heavy atom. The molecule has 3 heteroatoms. The van der Waals surface area contributed by atoms with Crippen LogP contribution in [0.15, 0.2) is 36.4 Å². The molecule has 1 heterocycles. The van der Waals surface area contributed by atoms with Crippen LogP contribution in [-0.4, -0.2) is 19.8 Å². The molecule has 3 rings (SSSR count). The van der Waals surface area contributed by atoms with E-state index in [2.05, 4.69) is 67.8 Å². The predicted octanol–water partition coefficient (Wildman–Crippen LogP) is 5.27. The lowest BCUT2D eigenvalue weighted by Crippen LogP contribution is -2.30. The van der Waals surface area contributed by atoms with Gasteiger partial charge in [0.15, 0.2) is 0 Å². The maximum absolute atomic E-state index is 6.49. The van der Waals surface area contributed by atoms with E-state index in [0.29, 0.717) is 5.92 Å². The van der Waals surface area contributed by atoms with Gasteiger partial charge in [0, 0.05) is 11.1 Å². The molecule has 0 spiro atoms. The van der Waals surface area contributed by atoms with Crippen molar-refractivity contribution in [2.24, 2.45) is 0 Å². The van der Waals surface area contributed by atoms with Gasteiger partial charge in [-0.05, 0) is 48.7 Å². The van der Waals surface area contributed by atoms with Crippen molar-refractivity contribution in [3.63, 3.8) is 0 Å². The molecular formula is C17H22OSSi.